The number of benzene rings is 1. The van der Waals surface area contributed by atoms with E-state index in [2.05, 4.69) is 4.72 Å². The lowest BCUT2D eigenvalue weighted by Crippen LogP contribution is -2.37. The molecule has 0 aliphatic carbocycles. The van der Waals surface area contributed by atoms with E-state index in [0.717, 1.165) is 0 Å². The van der Waals surface area contributed by atoms with E-state index in [4.69, 9.17) is 5.11 Å². The summed E-state index contributed by atoms with van der Waals surface area (Å²) >= 11 is 0. The van der Waals surface area contributed by atoms with E-state index in [9.17, 15) is 12.8 Å². The van der Waals surface area contributed by atoms with Crippen molar-refractivity contribution in [3.8, 4) is 0 Å². The second-order valence-corrected chi connectivity index (χ2v) is 5.93. The third-order valence-corrected chi connectivity index (χ3v) is 4.55. The Morgan fingerprint density at radius 1 is 1.33 bits per heavy atom. The highest BCUT2D eigenvalue weighted by atomic mass is 32.2. The van der Waals surface area contributed by atoms with Gasteiger partial charge in [-0.05, 0) is 43.5 Å². The van der Waals surface area contributed by atoms with Crippen molar-refractivity contribution in [2.45, 2.75) is 38.1 Å². The van der Waals surface area contributed by atoms with Gasteiger partial charge in [-0.1, -0.05) is 6.92 Å². The average molecular weight is 275 g/mol. The molecular weight excluding hydrogens is 257 g/mol. The molecule has 0 bridgehead atoms. The highest BCUT2D eigenvalue weighted by molar-refractivity contribution is 7.89. The molecule has 18 heavy (non-hydrogen) atoms. The monoisotopic (exact) mass is 275 g/mol. The average Bonchev–Trinajstić information content (AvgIpc) is 2.23. The standard InChI is InChI=1S/C12H18FNO3S/c1-4-11(7-15)14-18(16,17)12-8(2)5-10(13)6-9(12)3/h5-6,11,14-15H,4,7H2,1-3H3/t11-/m0/s1. The highest BCUT2D eigenvalue weighted by Gasteiger charge is 2.23. The zero-order valence-corrected chi connectivity index (χ0v) is 11.5. The summed E-state index contributed by atoms with van der Waals surface area (Å²) < 4.78 is 39.9. The number of rotatable bonds is 5. The number of halogens is 1. The maximum absolute atomic E-state index is 13.1. The largest absolute Gasteiger partial charge is 0.395 e. The number of nitrogens with one attached hydrogen (secondary N) is 1. The minimum atomic E-state index is -3.74. The summed E-state index contributed by atoms with van der Waals surface area (Å²) in [7, 11) is -3.74. The smallest absolute Gasteiger partial charge is 0.241 e. The number of sulfonamides is 1. The molecule has 2 N–H and O–H groups in total. The van der Waals surface area contributed by atoms with E-state index >= 15 is 0 Å². The van der Waals surface area contributed by atoms with Gasteiger partial charge in [0, 0.05) is 6.04 Å². The van der Waals surface area contributed by atoms with Gasteiger partial charge in [0.15, 0.2) is 0 Å². The second-order valence-electron chi connectivity index (χ2n) is 4.28. The van der Waals surface area contributed by atoms with Crippen LogP contribution < -0.4 is 4.72 Å². The van der Waals surface area contributed by atoms with Crippen molar-refractivity contribution in [2.24, 2.45) is 0 Å². The predicted octanol–water partition coefficient (Wildman–Crippen LogP) is 1.49. The van der Waals surface area contributed by atoms with Crippen LogP contribution in [0.15, 0.2) is 17.0 Å². The Labute approximate surface area is 107 Å². The topological polar surface area (TPSA) is 66.4 Å². The summed E-state index contributed by atoms with van der Waals surface area (Å²) in [6, 6.07) is 1.84. The van der Waals surface area contributed by atoms with E-state index in [0.29, 0.717) is 17.5 Å². The lowest BCUT2D eigenvalue weighted by atomic mass is 10.1. The van der Waals surface area contributed by atoms with E-state index < -0.39 is 21.9 Å². The number of aliphatic hydroxyl groups is 1. The van der Waals surface area contributed by atoms with Gasteiger partial charge in [-0.2, -0.15) is 0 Å². The van der Waals surface area contributed by atoms with Gasteiger partial charge < -0.3 is 5.11 Å². The first kappa shape index (κ1) is 15.1. The molecule has 0 spiro atoms. The third-order valence-electron chi connectivity index (χ3n) is 2.73. The van der Waals surface area contributed by atoms with E-state index in [1.54, 1.807) is 20.8 Å². The van der Waals surface area contributed by atoms with Crippen molar-refractivity contribution in [2.75, 3.05) is 6.61 Å². The molecule has 102 valence electrons. The molecule has 0 heterocycles. The van der Waals surface area contributed by atoms with Crippen LogP contribution >= 0.6 is 0 Å². The number of aliphatic hydroxyl groups excluding tert-OH is 1. The first-order valence-electron chi connectivity index (χ1n) is 5.71. The quantitative estimate of drug-likeness (QED) is 0.855. The molecule has 0 aliphatic rings. The Morgan fingerprint density at radius 3 is 2.22 bits per heavy atom. The third kappa shape index (κ3) is 3.28. The fourth-order valence-corrected chi connectivity index (χ4v) is 3.61. The Bertz CT molecular complexity index is 501. The maximum Gasteiger partial charge on any atom is 0.241 e. The van der Waals surface area contributed by atoms with Gasteiger partial charge in [-0.15, -0.1) is 0 Å². The van der Waals surface area contributed by atoms with Crippen molar-refractivity contribution in [3.63, 3.8) is 0 Å². The van der Waals surface area contributed by atoms with E-state index in [1.807, 2.05) is 0 Å². The zero-order valence-electron chi connectivity index (χ0n) is 10.7. The highest BCUT2D eigenvalue weighted by Crippen LogP contribution is 2.21. The summed E-state index contributed by atoms with van der Waals surface area (Å²) in [5.74, 6) is -0.460. The van der Waals surface area contributed by atoms with Gasteiger partial charge >= 0.3 is 0 Å². The van der Waals surface area contributed by atoms with Crippen LogP contribution in [0.4, 0.5) is 4.39 Å². The van der Waals surface area contributed by atoms with Crippen molar-refractivity contribution in [3.05, 3.63) is 29.1 Å². The van der Waals surface area contributed by atoms with Crippen molar-refractivity contribution < 1.29 is 17.9 Å². The molecule has 1 atom stereocenters. The fraction of sp³-hybridized carbons (Fsp3) is 0.500. The van der Waals surface area contributed by atoms with Gasteiger partial charge in [0.1, 0.15) is 5.82 Å². The van der Waals surface area contributed by atoms with Crippen LogP contribution in [0.3, 0.4) is 0 Å². The van der Waals surface area contributed by atoms with Gasteiger partial charge in [0.05, 0.1) is 11.5 Å². The molecule has 6 heteroatoms. The second kappa shape index (κ2) is 5.77. The van der Waals surface area contributed by atoms with Crippen LogP contribution in [0.2, 0.25) is 0 Å². The van der Waals surface area contributed by atoms with Gasteiger partial charge in [-0.25, -0.2) is 17.5 Å². The molecule has 0 fully saturated rings. The Hall–Kier alpha value is -0.980. The van der Waals surface area contributed by atoms with Crippen LogP contribution in [0.1, 0.15) is 24.5 Å². The molecule has 1 aromatic rings. The lowest BCUT2D eigenvalue weighted by molar-refractivity contribution is 0.254. The zero-order chi connectivity index (χ0) is 13.9. The number of hydrogen-bond donors (Lipinski definition) is 2. The maximum atomic E-state index is 13.1. The molecule has 0 unspecified atom stereocenters. The minimum absolute atomic E-state index is 0.0794. The first-order valence-corrected chi connectivity index (χ1v) is 7.20. The van der Waals surface area contributed by atoms with Gasteiger partial charge in [0.25, 0.3) is 0 Å². The SMILES string of the molecule is CC[C@@H](CO)NS(=O)(=O)c1c(C)cc(F)cc1C. The van der Waals surface area contributed by atoms with Crippen LogP contribution in [0.5, 0.6) is 0 Å². The predicted molar refractivity (Wildman–Crippen MR) is 67.4 cm³/mol. The van der Waals surface area contributed by atoms with Crippen LogP contribution in [0, 0.1) is 19.7 Å². The number of hydrogen-bond acceptors (Lipinski definition) is 3. The molecule has 0 saturated carbocycles. The Morgan fingerprint density at radius 2 is 1.83 bits per heavy atom. The Kier molecular flexibility index (Phi) is 4.84. The van der Waals surface area contributed by atoms with E-state index in [-0.39, 0.29) is 11.5 Å². The summed E-state index contributed by atoms with van der Waals surface area (Å²) in [6.45, 7) is 4.60. The van der Waals surface area contributed by atoms with Crippen LogP contribution in [-0.2, 0) is 10.0 Å². The Balaban J connectivity index is 3.21. The lowest BCUT2D eigenvalue weighted by Gasteiger charge is -2.17. The van der Waals surface area contributed by atoms with Crippen LogP contribution in [-0.4, -0.2) is 26.2 Å². The number of aryl methyl sites for hydroxylation is 2. The van der Waals surface area contributed by atoms with Crippen molar-refractivity contribution in [1.82, 2.24) is 4.72 Å². The molecular formula is C12H18FNO3S. The van der Waals surface area contributed by atoms with Crippen LogP contribution in [0.25, 0.3) is 0 Å². The molecule has 1 rings (SSSR count). The summed E-state index contributed by atoms with van der Waals surface area (Å²) in [5, 5.41) is 9.03. The molecule has 0 saturated heterocycles. The molecule has 0 amide bonds. The first-order chi connectivity index (χ1) is 8.31. The normalized spacial score (nSPS) is 13.6. The summed E-state index contributed by atoms with van der Waals surface area (Å²) in [5.41, 5.74) is 0.709. The summed E-state index contributed by atoms with van der Waals surface area (Å²) in [4.78, 5) is 0.0794. The molecule has 0 aromatic heterocycles. The fourth-order valence-electron chi connectivity index (χ4n) is 1.85. The van der Waals surface area contributed by atoms with E-state index in [1.165, 1.54) is 12.1 Å². The minimum Gasteiger partial charge on any atom is -0.395 e. The molecule has 4 nitrogen and oxygen atoms in total. The summed E-state index contributed by atoms with van der Waals surface area (Å²) in [6.07, 6.45) is 0.481. The molecule has 1 aromatic carbocycles. The molecule has 0 aliphatic heterocycles. The van der Waals surface area contributed by atoms with Gasteiger partial charge in [-0.3, -0.25) is 0 Å². The van der Waals surface area contributed by atoms with Gasteiger partial charge in [0.2, 0.25) is 10.0 Å². The van der Waals surface area contributed by atoms with Crippen molar-refractivity contribution >= 4 is 10.0 Å². The molecule has 0 radical (unpaired) electrons. The van der Waals surface area contributed by atoms with Crippen molar-refractivity contribution in [1.29, 1.82) is 0 Å².